The highest BCUT2D eigenvalue weighted by molar-refractivity contribution is 8.00. The summed E-state index contributed by atoms with van der Waals surface area (Å²) in [6.45, 7) is 0. The van der Waals surface area contributed by atoms with E-state index in [1.807, 2.05) is 0 Å². The number of anilines is 1. The van der Waals surface area contributed by atoms with Crippen molar-refractivity contribution in [2.24, 2.45) is 0 Å². The normalized spacial score (nSPS) is 11.4. The second-order valence-corrected chi connectivity index (χ2v) is 6.94. The van der Waals surface area contributed by atoms with Crippen LogP contribution in [0.1, 0.15) is 10.4 Å². The van der Waals surface area contributed by atoms with E-state index in [2.05, 4.69) is 0 Å². The predicted molar refractivity (Wildman–Crippen MR) is 68.2 cm³/mol. The third-order valence-electron chi connectivity index (χ3n) is 1.95. The quantitative estimate of drug-likeness (QED) is 0.617. The highest BCUT2D eigenvalue weighted by Gasteiger charge is 2.11. The van der Waals surface area contributed by atoms with E-state index in [4.69, 9.17) is 10.8 Å². The van der Waals surface area contributed by atoms with E-state index in [1.54, 1.807) is 12.1 Å². The van der Waals surface area contributed by atoms with Gasteiger partial charge in [-0.1, -0.05) is 0 Å². The molecule has 3 N–H and O–H groups in total. The standard InChI is InChI=1S/C10H13NO4S2/c1-17(14,15)5-4-16-9-3-2-7(11)6-8(9)10(12)13/h2-3,6H,4-5,11H2,1H3,(H,12,13). The smallest absolute Gasteiger partial charge is 0.336 e. The van der Waals surface area contributed by atoms with Crippen LogP contribution < -0.4 is 5.73 Å². The molecule has 0 radical (unpaired) electrons. The minimum Gasteiger partial charge on any atom is -0.478 e. The van der Waals surface area contributed by atoms with Crippen molar-refractivity contribution in [1.29, 1.82) is 0 Å². The Morgan fingerprint density at radius 1 is 1.47 bits per heavy atom. The van der Waals surface area contributed by atoms with E-state index < -0.39 is 15.8 Å². The van der Waals surface area contributed by atoms with E-state index in [0.29, 0.717) is 16.3 Å². The molecule has 0 fully saturated rings. The summed E-state index contributed by atoms with van der Waals surface area (Å²) >= 11 is 1.20. The first-order valence-electron chi connectivity index (χ1n) is 4.73. The van der Waals surface area contributed by atoms with Crippen molar-refractivity contribution in [1.82, 2.24) is 0 Å². The molecule has 0 amide bonds. The van der Waals surface area contributed by atoms with Gasteiger partial charge in [0.05, 0.1) is 11.3 Å². The fourth-order valence-corrected chi connectivity index (χ4v) is 3.37. The molecule has 17 heavy (non-hydrogen) atoms. The van der Waals surface area contributed by atoms with Gasteiger partial charge in [0, 0.05) is 22.6 Å². The van der Waals surface area contributed by atoms with Gasteiger partial charge in [-0.15, -0.1) is 11.8 Å². The maximum Gasteiger partial charge on any atom is 0.336 e. The van der Waals surface area contributed by atoms with Crippen molar-refractivity contribution >= 4 is 33.3 Å². The zero-order valence-corrected chi connectivity index (χ0v) is 10.8. The van der Waals surface area contributed by atoms with Crippen LogP contribution >= 0.6 is 11.8 Å². The first-order chi connectivity index (χ1) is 7.79. The van der Waals surface area contributed by atoms with Crippen molar-refractivity contribution < 1.29 is 18.3 Å². The molecule has 0 aliphatic rings. The number of thioether (sulfide) groups is 1. The van der Waals surface area contributed by atoms with Crippen LogP contribution in [0.3, 0.4) is 0 Å². The average Bonchev–Trinajstić information content (AvgIpc) is 2.18. The number of hydrogen-bond acceptors (Lipinski definition) is 5. The zero-order chi connectivity index (χ0) is 13.1. The van der Waals surface area contributed by atoms with E-state index >= 15 is 0 Å². The molecule has 5 nitrogen and oxygen atoms in total. The molecule has 0 spiro atoms. The van der Waals surface area contributed by atoms with Crippen molar-refractivity contribution in [2.75, 3.05) is 23.5 Å². The van der Waals surface area contributed by atoms with Gasteiger partial charge in [0.15, 0.2) is 0 Å². The number of nitrogens with two attached hydrogens (primary N) is 1. The molecule has 0 aliphatic carbocycles. The molecular weight excluding hydrogens is 262 g/mol. The monoisotopic (exact) mass is 275 g/mol. The Bertz CT molecular complexity index is 525. The van der Waals surface area contributed by atoms with E-state index in [9.17, 15) is 13.2 Å². The maximum absolute atomic E-state index is 10.9. The first kappa shape index (κ1) is 13.9. The summed E-state index contributed by atoms with van der Waals surface area (Å²) in [5, 5.41) is 8.96. The third kappa shape index (κ3) is 4.66. The molecule has 0 aromatic heterocycles. The largest absolute Gasteiger partial charge is 0.478 e. The van der Waals surface area contributed by atoms with Gasteiger partial charge < -0.3 is 10.8 Å². The lowest BCUT2D eigenvalue weighted by molar-refractivity contribution is 0.0693. The number of benzene rings is 1. The molecule has 94 valence electrons. The van der Waals surface area contributed by atoms with Gasteiger partial charge in [-0.3, -0.25) is 0 Å². The predicted octanol–water partition coefficient (Wildman–Crippen LogP) is 1.10. The molecule has 7 heteroatoms. The summed E-state index contributed by atoms with van der Waals surface area (Å²) in [4.78, 5) is 11.5. The van der Waals surface area contributed by atoms with E-state index in [1.165, 1.54) is 17.8 Å². The van der Waals surface area contributed by atoms with E-state index in [-0.39, 0.29) is 11.3 Å². The van der Waals surface area contributed by atoms with Crippen molar-refractivity contribution in [3.8, 4) is 0 Å². The molecule has 0 saturated heterocycles. The van der Waals surface area contributed by atoms with Gasteiger partial charge in [0.2, 0.25) is 0 Å². The molecule has 1 rings (SSSR count). The van der Waals surface area contributed by atoms with Crippen molar-refractivity contribution in [3.63, 3.8) is 0 Å². The first-order valence-corrected chi connectivity index (χ1v) is 7.77. The fourth-order valence-electron chi connectivity index (χ4n) is 1.14. The maximum atomic E-state index is 10.9. The number of rotatable bonds is 5. The minimum atomic E-state index is -3.03. The number of carboxylic acid groups (broad SMARTS) is 1. The number of sulfone groups is 1. The summed E-state index contributed by atoms with van der Waals surface area (Å²) in [6, 6.07) is 4.55. The molecular formula is C10H13NO4S2. The van der Waals surface area contributed by atoms with Crippen LogP contribution in [-0.4, -0.2) is 37.3 Å². The molecule has 0 atom stereocenters. The number of carbonyl (C=O) groups is 1. The fraction of sp³-hybridized carbons (Fsp3) is 0.300. The SMILES string of the molecule is CS(=O)(=O)CCSc1ccc(N)cc1C(=O)O. The van der Waals surface area contributed by atoms with Crippen LogP contribution in [0.25, 0.3) is 0 Å². The summed E-state index contributed by atoms with van der Waals surface area (Å²) < 4.78 is 21.9. The molecule has 0 unspecified atom stereocenters. The van der Waals surface area contributed by atoms with Crippen LogP contribution in [0.4, 0.5) is 5.69 Å². The molecule has 1 aromatic carbocycles. The Morgan fingerprint density at radius 2 is 2.12 bits per heavy atom. The van der Waals surface area contributed by atoms with Crippen LogP contribution in [0.5, 0.6) is 0 Å². The van der Waals surface area contributed by atoms with Crippen LogP contribution in [0, 0.1) is 0 Å². The molecule has 0 bridgehead atoms. The van der Waals surface area contributed by atoms with Gasteiger partial charge in [-0.05, 0) is 18.2 Å². The van der Waals surface area contributed by atoms with Gasteiger partial charge in [0.25, 0.3) is 0 Å². The Labute approximate surface area is 104 Å². The lowest BCUT2D eigenvalue weighted by Gasteiger charge is -2.06. The average molecular weight is 275 g/mol. The Hall–Kier alpha value is -1.21. The second kappa shape index (κ2) is 5.42. The summed E-state index contributed by atoms with van der Waals surface area (Å²) in [5.74, 6) is -0.733. The summed E-state index contributed by atoms with van der Waals surface area (Å²) in [6.07, 6.45) is 1.15. The summed E-state index contributed by atoms with van der Waals surface area (Å²) in [7, 11) is -3.03. The van der Waals surface area contributed by atoms with Crippen molar-refractivity contribution in [3.05, 3.63) is 23.8 Å². The number of hydrogen-bond donors (Lipinski definition) is 2. The highest BCUT2D eigenvalue weighted by atomic mass is 32.2. The van der Waals surface area contributed by atoms with Crippen molar-refractivity contribution in [2.45, 2.75) is 4.90 Å². The van der Waals surface area contributed by atoms with Gasteiger partial charge in [0.1, 0.15) is 9.84 Å². The third-order valence-corrected chi connectivity index (χ3v) is 4.23. The second-order valence-electron chi connectivity index (χ2n) is 3.54. The van der Waals surface area contributed by atoms with Crippen LogP contribution in [0.15, 0.2) is 23.1 Å². The lowest BCUT2D eigenvalue weighted by atomic mass is 10.2. The van der Waals surface area contributed by atoms with Crippen LogP contribution in [0.2, 0.25) is 0 Å². The zero-order valence-electron chi connectivity index (χ0n) is 9.21. The van der Waals surface area contributed by atoms with Gasteiger partial charge >= 0.3 is 5.97 Å². The number of carboxylic acids is 1. The Balaban J connectivity index is 2.81. The lowest BCUT2D eigenvalue weighted by Crippen LogP contribution is -2.06. The molecule has 0 heterocycles. The topological polar surface area (TPSA) is 97.5 Å². The highest BCUT2D eigenvalue weighted by Crippen LogP contribution is 2.25. The van der Waals surface area contributed by atoms with Gasteiger partial charge in [-0.2, -0.15) is 0 Å². The number of nitrogen functional groups attached to an aromatic ring is 1. The molecule has 1 aromatic rings. The molecule has 0 saturated carbocycles. The Morgan fingerprint density at radius 3 is 2.65 bits per heavy atom. The Kier molecular flexibility index (Phi) is 4.41. The van der Waals surface area contributed by atoms with Gasteiger partial charge in [-0.25, -0.2) is 13.2 Å². The molecule has 0 aliphatic heterocycles. The number of aromatic carboxylic acids is 1. The summed E-state index contributed by atoms with van der Waals surface area (Å²) in [5.41, 5.74) is 5.97. The van der Waals surface area contributed by atoms with E-state index in [0.717, 1.165) is 6.26 Å². The minimum absolute atomic E-state index is 0.0150. The van der Waals surface area contributed by atoms with Crippen LogP contribution in [-0.2, 0) is 9.84 Å².